The van der Waals surface area contributed by atoms with Crippen LogP contribution in [0, 0.1) is 5.41 Å². The van der Waals surface area contributed by atoms with Crippen molar-refractivity contribution in [2.45, 2.75) is 33.1 Å². The van der Waals surface area contributed by atoms with Gasteiger partial charge in [-0.05, 0) is 42.9 Å². The Morgan fingerprint density at radius 2 is 2.05 bits per heavy atom. The summed E-state index contributed by atoms with van der Waals surface area (Å²) in [6.07, 6.45) is 3.57. The number of hydrogen-bond donors (Lipinski definition) is 1. The summed E-state index contributed by atoms with van der Waals surface area (Å²) in [5.74, 6) is -0.375. The summed E-state index contributed by atoms with van der Waals surface area (Å²) in [6, 6.07) is 5.62. The molecule has 2 rings (SSSR count). The lowest BCUT2D eigenvalue weighted by atomic mass is 9.85. The van der Waals surface area contributed by atoms with E-state index >= 15 is 0 Å². The number of hydrogen-bond acceptors (Lipinski definition) is 4. The van der Waals surface area contributed by atoms with Crippen molar-refractivity contribution in [1.29, 1.82) is 0 Å². The maximum atomic E-state index is 11.7. The van der Waals surface area contributed by atoms with E-state index in [0.29, 0.717) is 16.7 Å². The van der Waals surface area contributed by atoms with Crippen molar-refractivity contribution in [1.82, 2.24) is 0 Å². The van der Waals surface area contributed by atoms with Gasteiger partial charge in [-0.2, -0.15) is 0 Å². The highest BCUT2D eigenvalue weighted by Crippen LogP contribution is 2.32. The molecule has 2 N–H and O–H groups in total. The molecule has 20 heavy (non-hydrogen) atoms. The number of rotatable bonds is 2. The second kappa shape index (κ2) is 5.73. The first-order valence-corrected chi connectivity index (χ1v) is 7.16. The van der Waals surface area contributed by atoms with Gasteiger partial charge in [-0.3, -0.25) is 0 Å². The highest BCUT2D eigenvalue weighted by Gasteiger charge is 2.23. The first kappa shape index (κ1) is 14.7. The van der Waals surface area contributed by atoms with Gasteiger partial charge in [-0.1, -0.05) is 13.8 Å². The van der Waals surface area contributed by atoms with E-state index in [1.807, 2.05) is 12.1 Å². The lowest BCUT2D eigenvalue weighted by Crippen LogP contribution is -2.25. The third-order valence-corrected chi connectivity index (χ3v) is 4.15. The number of nitrogen functional groups attached to an aromatic ring is 1. The van der Waals surface area contributed by atoms with Gasteiger partial charge in [0.15, 0.2) is 0 Å². The molecule has 1 aromatic carbocycles. The van der Waals surface area contributed by atoms with Crippen LogP contribution in [-0.2, 0) is 4.74 Å². The SMILES string of the molecule is COC(=O)c1cc(N2CCCC(C)(C)CC2)ccc1N. The van der Waals surface area contributed by atoms with E-state index in [2.05, 4.69) is 18.7 Å². The van der Waals surface area contributed by atoms with Crippen LogP contribution in [0.3, 0.4) is 0 Å². The topological polar surface area (TPSA) is 55.6 Å². The Morgan fingerprint density at radius 3 is 2.75 bits per heavy atom. The largest absolute Gasteiger partial charge is 0.465 e. The summed E-state index contributed by atoms with van der Waals surface area (Å²) < 4.78 is 4.78. The molecule has 0 aliphatic carbocycles. The zero-order valence-corrected chi connectivity index (χ0v) is 12.6. The standard InChI is InChI=1S/C16H24N2O2/c1-16(2)7-4-9-18(10-8-16)12-5-6-14(17)13(11-12)15(19)20-3/h5-6,11H,4,7-10,17H2,1-3H3. The van der Waals surface area contributed by atoms with E-state index in [1.54, 1.807) is 6.07 Å². The van der Waals surface area contributed by atoms with Crippen molar-refractivity contribution in [3.8, 4) is 0 Å². The van der Waals surface area contributed by atoms with Crippen molar-refractivity contribution in [2.75, 3.05) is 30.8 Å². The molecule has 0 radical (unpaired) electrons. The zero-order valence-electron chi connectivity index (χ0n) is 12.6. The predicted molar refractivity (Wildman–Crippen MR) is 82.0 cm³/mol. The van der Waals surface area contributed by atoms with E-state index < -0.39 is 0 Å². The number of methoxy groups -OCH3 is 1. The van der Waals surface area contributed by atoms with Crippen molar-refractivity contribution in [3.63, 3.8) is 0 Å². The minimum Gasteiger partial charge on any atom is -0.465 e. The molecule has 110 valence electrons. The van der Waals surface area contributed by atoms with Crippen LogP contribution in [0.1, 0.15) is 43.5 Å². The highest BCUT2D eigenvalue weighted by molar-refractivity contribution is 5.96. The van der Waals surface area contributed by atoms with Crippen LogP contribution in [0.25, 0.3) is 0 Å². The Balaban J connectivity index is 2.22. The van der Waals surface area contributed by atoms with Crippen LogP contribution in [0.15, 0.2) is 18.2 Å². The van der Waals surface area contributed by atoms with Gasteiger partial charge in [-0.25, -0.2) is 4.79 Å². The van der Waals surface area contributed by atoms with Gasteiger partial charge in [0, 0.05) is 24.5 Å². The number of ether oxygens (including phenoxy) is 1. The molecule has 1 aliphatic heterocycles. The third kappa shape index (κ3) is 3.24. The average molecular weight is 276 g/mol. The van der Waals surface area contributed by atoms with Crippen molar-refractivity contribution in [3.05, 3.63) is 23.8 Å². The van der Waals surface area contributed by atoms with Crippen molar-refractivity contribution < 1.29 is 9.53 Å². The molecule has 0 unspecified atom stereocenters. The van der Waals surface area contributed by atoms with Crippen molar-refractivity contribution >= 4 is 17.3 Å². The molecule has 1 heterocycles. The van der Waals surface area contributed by atoms with Gasteiger partial charge >= 0.3 is 5.97 Å². The molecule has 0 aromatic heterocycles. The van der Waals surface area contributed by atoms with Crippen LogP contribution in [-0.4, -0.2) is 26.2 Å². The van der Waals surface area contributed by atoms with Gasteiger partial charge in [-0.15, -0.1) is 0 Å². The molecule has 0 atom stereocenters. The molecule has 1 saturated heterocycles. The number of benzene rings is 1. The van der Waals surface area contributed by atoms with Crippen LogP contribution < -0.4 is 10.6 Å². The fourth-order valence-corrected chi connectivity index (χ4v) is 2.71. The molecule has 0 saturated carbocycles. The average Bonchev–Trinajstić information content (AvgIpc) is 2.59. The third-order valence-electron chi connectivity index (χ3n) is 4.15. The smallest absolute Gasteiger partial charge is 0.340 e. The summed E-state index contributed by atoms with van der Waals surface area (Å²) >= 11 is 0. The molecular formula is C16H24N2O2. The molecule has 0 bridgehead atoms. The lowest BCUT2D eigenvalue weighted by molar-refractivity contribution is 0.0602. The summed E-state index contributed by atoms with van der Waals surface area (Å²) in [5, 5.41) is 0. The van der Waals surface area contributed by atoms with E-state index in [1.165, 1.54) is 20.0 Å². The van der Waals surface area contributed by atoms with Gasteiger partial charge in [0.2, 0.25) is 0 Å². The monoisotopic (exact) mass is 276 g/mol. The molecular weight excluding hydrogens is 252 g/mol. The summed E-state index contributed by atoms with van der Waals surface area (Å²) in [6.45, 7) is 6.67. The van der Waals surface area contributed by atoms with Gasteiger partial charge < -0.3 is 15.4 Å². The van der Waals surface area contributed by atoms with E-state index in [4.69, 9.17) is 10.5 Å². The second-order valence-electron chi connectivity index (χ2n) is 6.27. The number of carbonyl (C=O) groups is 1. The lowest BCUT2D eigenvalue weighted by Gasteiger charge is -2.25. The van der Waals surface area contributed by atoms with Gasteiger partial charge in [0.25, 0.3) is 0 Å². The minimum absolute atomic E-state index is 0.375. The molecule has 4 heteroatoms. The quantitative estimate of drug-likeness (QED) is 0.666. The first-order chi connectivity index (χ1) is 9.43. The normalized spacial score (nSPS) is 18.4. The number of esters is 1. The Labute approximate surface area is 120 Å². The fourth-order valence-electron chi connectivity index (χ4n) is 2.71. The maximum Gasteiger partial charge on any atom is 0.340 e. The van der Waals surface area contributed by atoms with E-state index in [0.717, 1.165) is 25.2 Å². The van der Waals surface area contributed by atoms with Crippen LogP contribution in [0.5, 0.6) is 0 Å². The van der Waals surface area contributed by atoms with Gasteiger partial charge in [0.05, 0.1) is 12.7 Å². The Bertz CT molecular complexity index is 497. The van der Waals surface area contributed by atoms with Crippen LogP contribution in [0.4, 0.5) is 11.4 Å². The molecule has 4 nitrogen and oxygen atoms in total. The molecule has 1 fully saturated rings. The molecule has 0 spiro atoms. The van der Waals surface area contributed by atoms with E-state index in [-0.39, 0.29) is 5.97 Å². The summed E-state index contributed by atoms with van der Waals surface area (Å²) in [4.78, 5) is 14.1. The summed E-state index contributed by atoms with van der Waals surface area (Å²) in [7, 11) is 1.38. The number of nitrogens with two attached hydrogens (primary N) is 1. The minimum atomic E-state index is -0.375. The Hall–Kier alpha value is -1.71. The van der Waals surface area contributed by atoms with Gasteiger partial charge in [0.1, 0.15) is 0 Å². The zero-order chi connectivity index (χ0) is 14.8. The number of anilines is 2. The van der Waals surface area contributed by atoms with E-state index in [9.17, 15) is 4.79 Å². The Kier molecular flexibility index (Phi) is 4.21. The number of carbonyl (C=O) groups excluding carboxylic acids is 1. The van der Waals surface area contributed by atoms with Crippen LogP contribution >= 0.6 is 0 Å². The van der Waals surface area contributed by atoms with Crippen LogP contribution in [0.2, 0.25) is 0 Å². The fraction of sp³-hybridized carbons (Fsp3) is 0.562. The number of nitrogens with zero attached hydrogens (tertiary/aromatic N) is 1. The maximum absolute atomic E-state index is 11.7. The summed E-state index contributed by atoms with van der Waals surface area (Å²) in [5.41, 5.74) is 8.22. The Morgan fingerprint density at radius 1 is 1.30 bits per heavy atom. The molecule has 1 aromatic rings. The molecule has 0 amide bonds. The second-order valence-corrected chi connectivity index (χ2v) is 6.27. The first-order valence-electron chi connectivity index (χ1n) is 7.16. The molecule has 1 aliphatic rings. The highest BCUT2D eigenvalue weighted by atomic mass is 16.5. The predicted octanol–water partition coefficient (Wildman–Crippen LogP) is 3.07. The van der Waals surface area contributed by atoms with Crippen molar-refractivity contribution in [2.24, 2.45) is 5.41 Å².